The van der Waals surface area contributed by atoms with E-state index in [-0.39, 0.29) is 24.9 Å². The average Bonchev–Trinajstić information content (AvgIpc) is 3.15. The third-order valence-electron chi connectivity index (χ3n) is 10.8. The van der Waals surface area contributed by atoms with Gasteiger partial charge in [0.1, 0.15) is 6.10 Å². The van der Waals surface area contributed by atoms with Gasteiger partial charge in [-0.15, -0.1) is 0 Å². The fourth-order valence-corrected chi connectivity index (χ4v) is 7.23. The van der Waals surface area contributed by atoms with Crippen LogP contribution in [0.4, 0.5) is 0 Å². The topological polar surface area (TPSA) is 95.9 Å². The second-order valence-corrected chi connectivity index (χ2v) is 16.2. The molecule has 1 amide bonds. The minimum Gasteiger partial charge on any atom is -0.462 e. The molecule has 0 fully saturated rings. The first-order valence-electron chi connectivity index (χ1n) is 23.4. The SMILES string of the molecule is CCCC/C=C\CCCCCC(CC(=O)NC(CO)C(O)CCCCCCCCCCCCCCCCCC)OC(=O)CCCCCCCCCCC. The summed E-state index contributed by atoms with van der Waals surface area (Å²) in [5.41, 5.74) is 0. The van der Waals surface area contributed by atoms with E-state index in [1.807, 2.05) is 0 Å². The zero-order chi connectivity index (χ0) is 38.9. The minimum atomic E-state index is -0.784. The van der Waals surface area contributed by atoms with E-state index in [4.69, 9.17) is 4.74 Å². The number of nitrogens with one attached hydrogen (secondary N) is 1. The average molecular weight is 750 g/mol. The Morgan fingerprint density at radius 2 is 0.925 bits per heavy atom. The van der Waals surface area contributed by atoms with Gasteiger partial charge in [0.25, 0.3) is 0 Å². The van der Waals surface area contributed by atoms with Crippen LogP contribution in [0.5, 0.6) is 0 Å². The normalized spacial score (nSPS) is 13.4. The van der Waals surface area contributed by atoms with Gasteiger partial charge in [-0.3, -0.25) is 9.59 Å². The van der Waals surface area contributed by atoms with Crippen molar-refractivity contribution >= 4 is 11.9 Å². The molecule has 0 rings (SSSR count). The Balaban J connectivity index is 4.41. The van der Waals surface area contributed by atoms with Crippen LogP contribution in [0, 0.1) is 0 Å². The van der Waals surface area contributed by atoms with Gasteiger partial charge in [0.2, 0.25) is 5.91 Å². The highest BCUT2D eigenvalue weighted by atomic mass is 16.5. The molecule has 0 radical (unpaired) electrons. The highest BCUT2D eigenvalue weighted by Gasteiger charge is 2.24. The number of hydrogen-bond acceptors (Lipinski definition) is 5. The molecule has 0 aromatic heterocycles. The highest BCUT2D eigenvalue weighted by molar-refractivity contribution is 5.77. The van der Waals surface area contributed by atoms with Crippen molar-refractivity contribution in [3.05, 3.63) is 12.2 Å². The molecule has 6 heteroatoms. The Morgan fingerprint density at radius 1 is 0.528 bits per heavy atom. The van der Waals surface area contributed by atoms with Crippen molar-refractivity contribution in [1.29, 1.82) is 0 Å². The van der Waals surface area contributed by atoms with Crippen molar-refractivity contribution in [2.75, 3.05) is 6.61 Å². The van der Waals surface area contributed by atoms with E-state index in [0.29, 0.717) is 19.3 Å². The molecular formula is C47H91NO5. The molecule has 0 saturated heterocycles. The first kappa shape index (κ1) is 51.6. The minimum absolute atomic E-state index is 0.0721. The maximum Gasteiger partial charge on any atom is 0.306 e. The van der Waals surface area contributed by atoms with Crippen LogP contribution in [0.1, 0.15) is 252 Å². The summed E-state index contributed by atoms with van der Waals surface area (Å²) in [7, 11) is 0. The quantitative estimate of drug-likeness (QED) is 0.0328. The van der Waals surface area contributed by atoms with Gasteiger partial charge in [0.05, 0.1) is 25.2 Å². The van der Waals surface area contributed by atoms with Crippen LogP contribution in [0.3, 0.4) is 0 Å². The van der Waals surface area contributed by atoms with E-state index in [1.54, 1.807) is 0 Å². The second kappa shape index (κ2) is 41.8. The van der Waals surface area contributed by atoms with Crippen LogP contribution in [0.2, 0.25) is 0 Å². The molecule has 53 heavy (non-hydrogen) atoms. The van der Waals surface area contributed by atoms with Gasteiger partial charge in [0.15, 0.2) is 0 Å². The van der Waals surface area contributed by atoms with Crippen molar-refractivity contribution in [2.24, 2.45) is 0 Å². The molecule has 0 aliphatic carbocycles. The van der Waals surface area contributed by atoms with Crippen LogP contribution in [-0.4, -0.2) is 46.9 Å². The predicted octanol–water partition coefficient (Wildman–Crippen LogP) is 13.4. The molecule has 0 bridgehead atoms. The Kier molecular flexibility index (Phi) is 40.7. The number of unbranched alkanes of at least 4 members (excludes halogenated alkanes) is 28. The van der Waals surface area contributed by atoms with Crippen LogP contribution >= 0.6 is 0 Å². The van der Waals surface area contributed by atoms with Gasteiger partial charge in [-0.05, 0) is 44.9 Å². The lowest BCUT2D eigenvalue weighted by molar-refractivity contribution is -0.151. The molecule has 3 unspecified atom stereocenters. The summed E-state index contributed by atoms with van der Waals surface area (Å²) in [5.74, 6) is -0.485. The first-order valence-corrected chi connectivity index (χ1v) is 23.4. The smallest absolute Gasteiger partial charge is 0.306 e. The number of carbonyl (C=O) groups excluding carboxylic acids is 2. The monoisotopic (exact) mass is 750 g/mol. The second-order valence-electron chi connectivity index (χ2n) is 16.2. The van der Waals surface area contributed by atoms with Crippen LogP contribution in [-0.2, 0) is 14.3 Å². The Bertz CT molecular complexity index is 802. The fourth-order valence-electron chi connectivity index (χ4n) is 7.23. The predicted molar refractivity (Wildman–Crippen MR) is 227 cm³/mol. The maximum atomic E-state index is 13.1. The number of ether oxygens (including phenoxy) is 1. The summed E-state index contributed by atoms with van der Waals surface area (Å²) in [4.78, 5) is 25.9. The highest BCUT2D eigenvalue weighted by Crippen LogP contribution is 2.18. The number of amides is 1. The molecule has 0 aromatic rings. The van der Waals surface area contributed by atoms with Gasteiger partial charge in [-0.25, -0.2) is 0 Å². The fraction of sp³-hybridized carbons (Fsp3) is 0.915. The first-order chi connectivity index (χ1) is 26.0. The van der Waals surface area contributed by atoms with Crippen molar-refractivity contribution in [3.8, 4) is 0 Å². The summed E-state index contributed by atoms with van der Waals surface area (Å²) < 4.78 is 5.87. The van der Waals surface area contributed by atoms with E-state index in [2.05, 4.69) is 38.2 Å². The number of aliphatic hydroxyl groups is 2. The molecule has 0 spiro atoms. The number of allylic oxidation sites excluding steroid dienone is 2. The lowest BCUT2D eigenvalue weighted by Gasteiger charge is -2.24. The Labute approximate surface area is 329 Å². The zero-order valence-electron chi connectivity index (χ0n) is 35.7. The third-order valence-corrected chi connectivity index (χ3v) is 10.8. The largest absolute Gasteiger partial charge is 0.462 e. The molecule has 3 atom stereocenters. The van der Waals surface area contributed by atoms with Crippen molar-refractivity contribution < 1.29 is 24.5 Å². The third kappa shape index (κ3) is 37.3. The number of rotatable bonds is 42. The van der Waals surface area contributed by atoms with Crippen molar-refractivity contribution in [2.45, 2.75) is 270 Å². The van der Waals surface area contributed by atoms with E-state index in [0.717, 1.165) is 64.2 Å². The lowest BCUT2D eigenvalue weighted by Crippen LogP contribution is -2.46. The molecule has 3 N–H and O–H groups in total. The van der Waals surface area contributed by atoms with Gasteiger partial charge in [0, 0.05) is 6.42 Å². The molecule has 0 aliphatic heterocycles. The standard InChI is InChI=1S/C47H91NO5/c1-4-7-10-13-16-19-20-21-22-23-24-25-28-30-33-36-39-45(50)44(42-49)48-46(51)41-43(38-35-32-29-26-17-14-11-8-5-2)53-47(52)40-37-34-31-27-18-15-12-9-6-3/h14,17,43-45,49-50H,4-13,15-16,18-42H2,1-3H3,(H,48,51)/b17-14-. The zero-order valence-corrected chi connectivity index (χ0v) is 35.7. The van der Waals surface area contributed by atoms with E-state index >= 15 is 0 Å². The molecule has 314 valence electrons. The van der Waals surface area contributed by atoms with Gasteiger partial charge >= 0.3 is 5.97 Å². The number of hydrogen-bond donors (Lipinski definition) is 3. The summed E-state index contributed by atoms with van der Waals surface area (Å²) in [6.45, 7) is 6.42. The summed E-state index contributed by atoms with van der Waals surface area (Å²) >= 11 is 0. The number of aliphatic hydroxyl groups excluding tert-OH is 2. The number of carbonyl (C=O) groups is 2. The summed E-state index contributed by atoms with van der Waals surface area (Å²) in [5, 5.41) is 23.6. The lowest BCUT2D eigenvalue weighted by atomic mass is 10.0. The molecule has 0 heterocycles. The van der Waals surface area contributed by atoms with Gasteiger partial charge in [-0.1, -0.05) is 206 Å². The van der Waals surface area contributed by atoms with Crippen molar-refractivity contribution in [3.63, 3.8) is 0 Å². The molecule has 0 aromatic carbocycles. The van der Waals surface area contributed by atoms with E-state index < -0.39 is 18.2 Å². The summed E-state index contributed by atoms with van der Waals surface area (Å²) in [6.07, 6.45) is 44.2. The molecule has 0 aliphatic rings. The Morgan fingerprint density at radius 3 is 1.40 bits per heavy atom. The van der Waals surface area contributed by atoms with Gasteiger partial charge < -0.3 is 20.3 Å². The molecular weight excluding hydrogens is 659 g/mol. The van der Waals surface area contributed by atoms with E-state index in [1.165, 1.54) is 141 Å². The van der Waals surface area contributed by atoms with Crippen molar-refractivity contribution in [1.82, 2.24) is 5.32 Å². The number of esters is 1. The van der Waals surface area contributed by atoms with Crippen LogP contribution in [0.15, 0.2) is 12.2 Å². The van der Waals surface area contributed by atoms with Crippen LogP contribution in [0.25, 0.3) is 0 Å². The molecule has 6 nitrogen and oxygen atoms in total. The maximum absolute atomic E-state index is 13.1. The van der Waals surface area contributed by atoms with Crippen LogP contribution < -0.4 is 5.32 Å². The summed E-state index contributed by atoms with van der Waals surface area (Å²) in [6, 6.07) is -0.698. The Hall–Kier alpha value is -1.40. The van der Waals surface area contributed by atoms with E-state index in [9.17, 15) is 19.8 Å². The molecule has 0 saturated carbocycles. The van der Waals surface area contributed by atoms with Gasteiger partial charge in [-0.2, -0.15) is 0 Å².